The van der Waals surface area contributed by atoms with Gasteiger partial charge < -0.3 is 5.32 Å². The second-order valence-corrected chi connectivity index (χ2v) is 8.66. The molecule has 1 saturated carbocycles. The molecular weight excluding hydrogens is 406 g/mol. The van der Waals surface area contributed by atoms with Crippen molar-refractivity contribution in [2.75, 3.05) is 13.6 Å². The first-order valence-electron chi connectivity index (χ1n) is 8.50. The fourth-order valence-corrected chi connectivity index (χ4v) is 4.04. The number of rotatable bonds is 7. The van der Waals surface area contributed by atoms with Crippen molar-refractivity contribution in [1.82, 2.24) is 9.62 Å². The number of benzene rings is 2. The minimum Gasteiger partial charge on any atom is -0.309 e. The predicted octanol–water partition coefficient (Wildman–Crippen LogP) is 3.29. The Morgan fingerprint density at radius 2 is 1.86 bits per heavy atom. The van der Waals surface area contributed by atoms with Crippen LogP contribution in [0.5, 0.6) is 0 Å². The minimum absolute atomic E-state index is 0. The van der Waals surface area contributed by atoms with E-state index in [0.29, 0.717) is 6.54 Å². The van der Waals surface area contributed by atoms with E-state index in [1.165, 1.54) is 13.1 Å². The van der Waals surface area contributed by atoms with Gasteiger partial charge in [-0.2, -0.15) is 4.31 Å². The van der Waals surface area contributed by atoms with Crippen LogP contribution >= 0.6 is 12.4 Å². The number of nitrogens with one attached hydrogen (secondary N) is 1. The Bertz CT molecular complexity index is 975. The van der Waals surface area contributed by atoms with Crippen molar-refractivity contribution < 1.29 is 17.2 Å². The van der Waals surface area contributed by atoms with E-state index in [4.69, 9.17) is 6.42 Å². The molecule has 2 aromatic carbocycles. The molecular formula is C20H21ClF2N2O2S. The summed E-state index contributed by atoms with van der Waals surface area (Å²) in [6, 6.07) is 10.8. The normalized spacial score (nSPS) is 18.4. The summed E-state index contributed by atoms with van der Waals surface area (Å²) in [5, 5.41) is 3.35. The van der Waals surface area contributed by atoms with E-state index in [2.05, 4.69) is 11.2 Å². The molecule has 0 saturated heterocycles. The van der Waals surface area contributed by atoms with Crippen molar-refractivity contribution in [3.05, 3.63) is 65.2 Å². The van der Waals surface area contributed by atoms with E-state index < -0.39 is 21.7 Å². The highest BCUT2D eigenvalue weighted by Crippen LogP contribution is 2.41. The number of hydrogen-bond donors (Lipinski definition) is 1. The van der Waals surface area contributed by atoms with Gasteiger partial charge in [0.05, 0.1) is 11.4 Å². The first-order chi connectivity index (χ1) is 12.8. The number of halogens is 3. The number of hydrogen-bond acceptors (Lipinski definition) is 3. The lowest BCUT2D eigenvalue weighted by Crippen LogP contribution is -2.27. The largest absolute Gasteiger partial charge is 0.309 e. The molecule has 1 N–H and O–H groups in total. The second kappa shape index (κ2) is 9.01. The van der Waals surface area contributed by atoms with Crippen molar-refractivity contribution in [2.45, 2.75) is 29.8 Å². The highest BCUT2D eigenvalue weighted by atomic mass is 35.5. The van der Waals surface area contributed by atoms with Crippen molar-refractivity contribution in [2.24, 2.45) is 0 Å². The molecule has 4 nitrogen and oxygen atoms in total. The Morgan fingerprint density at radius 1 is 1.18 bits per heavy atom. The lowest BCUT2D eigenvalue weighted by molar-refractivity contribution is 0.503. The summed E-state index contributed by atoms with van der Waals surface area (Å²) in [7, 11) is -2.14. The van der Waals surface area contributed by atoms with Gasteiger partial charge in [-0.3, -0.25) is 0 Å². The summed E-state index contributed by atoms with van der Waals surface area (Å²) in [5.41, 5.74) is 1.72. The van der Waals surface area contributed by atoms with Crippen molar-refractivity contribution in [1.29, 1.82) is 0 Å². The van der Waals surface area contributed by atoms with Gasteiger partial charge in [-0.05, 0) is 41.8 Å². The van der Waals surface area contributed by atoms with Crippen LogP contribution in [0.15, 0.2) is 47.4 Å². The molecule has 0 spiro atoms. The maximum Gasteiger partial charge on any atom is 0.243 e. The third-order valence-corrected chi connectivity index (χ3v) is 6.49. The van der Waals surface area contributed by atoms with Crippen molar-refractivity contribution in [3.63, 3.8) is 0 Å². The van der Waals surface area contributed by atoms with Crippen LogP contribution in [-0.4, -0.2) is 32.4 Å². The Kier molecular flexibility index (Phi) is 7.18. The molecule has 1 aliphatic carbocycles. The third-order valence-electron chi connectivity index (χ3n) is 4.68. The molecule has 2 aromatic rings. The highest BCUT2D eigenvalue weighted by molar-refractivity contribution is 7.89. The smallest absolute Gasteiger partial charge is 0.243 e. The zero-order chi connectivity index (χ0) is 19.6. The third kappa shape index (κ3) is 4.89. The van der Waals surface area contributed by atoms with Gasteiger partial charge in [0.1, 0.15) is 0 Å². The summed E-state index contributed by atoms with van der Waals surface area (Å²) in [4.78, 5) is 0.190. The van der Waals surface area contributed by atoms with E-state index in [1.807, 2.05) is 0 Å². The lowest BCUT2D eigenvalue weighted by Gasteiger charge is -2.14. The van der Waals surface area contributed by atoms with Gasteiger partial charge in [-0.1, -0.05) is 24.1 Å². The molecule has 0 aliphatic heterocycles. The molecule has 8 heteroatoms. The Morgan fingerprint density at radius 3 is 2.46 bits per heavy atom. The zero-order valence-corrected chi connectivity index (χ0v) is 16.9. The monoisotopic (exact) mass is 426 g/mol. The maximum atomic E-state index is 13.3. The van der Waals surface area contributed by atoms with E-state index in [1.54, 1.807) is 30.3 Å². The average molecular weight is 427 g/mol. The lowest BCUT2D eigenvalue weighted by atomic mass is 10.1. The van der Waals surface area contributed by atoms with Crippen LogP contribution in [0.1, 0.15) is 23.5 Å². The molecule has 2 atom stereocenters. The number of terminal acetylenes is 1. The molecule has 150 valence electrons. The van der Waals surface area contributed by atoms with Gasteiger partial charge >= 0.3 is 0 Å². The molecule has 0 unspecified atom stereocenters. The molecule has 0 amide bonds. The fourth-order valence-electron chi connectivity index (χ4n) is 2.95. The van der Waals surface area contributed by atoms with Gasteiger partial charge in [-0.25, -0.2) is 17.2 Å². The van der Waals surface area contributed by atoms with Crippen LogP contribution < -0.4 is 5.32 Å². The highest BCUT2D eigenvalue weighted by Gasteiger charge is 2.38. The SMILES string of the molecule is C#CCN(C)S(=O)(=O)c1ccc(CN[C@@H]2C[C@H]2c2ccc(F)c(F)c2)cc1.Cl. The summed E-state index contributed by atoms with van der Waals surface area (Å²) < 4.78 is 52.1. The fraction of sp³-hybridized carbons (Fsp3) is 0.300. The topological polar surface area (TPSA) is 49.4 Å². The van der Waals surface area contributed by atoms with E-state index in [-0.39, 0.29) is 35.8 Å². The molecule has 3 rings (SSSR count). The Hall–Kier alpha value is -1.98. The number of sulfonamides is 1. The van der Waals surface area contributed by atoms with Crippen molar-refractivity contribution >= 4 is 22.4 Å². The quantitative estimate of drug-likeness (QED) is 0.691. The summed E-state index contributed by atoms with van der Waals surface area (Å²) in [6.07, 6.45) is 6.02. The maximum absolute atomic E-state index is 13.3. The van der Waals surface area contributed by atoms with Crippen LogP contribution in [0.25, 0.3) is 0 Å². The van der Waals surface area contributed by atoms with E-state index in [0.717, 1.165) is 27.9 Å². The summed E-state index contributed by atoms with van der Waals surface area (Å²) in [5.74, 6) is 0.805. The molecule has 28 heavy (non-hydrogen) atoms. The van der Waals surface area contributed by atoms with Gasteiger partial charge in [0.2, 0.25) is 10.0 Å². The van der Waals surface area contributed by atoms with Crippen molar-refractivity contribution in [3.8, 4) is 12.3 Å². The van der Waals surface area contributed by atoms with E-state index >= 15 is 0 Å². The molecule has 0 bridgehead atoms. The predicted molar refractivity (Wildman–Crippen MR) is 107 cm³/mol. The average Bonchev–Trinajstić information content (AvgIpc) is 3.42. The number of nitrogens with zero attached hydrogens (tertiary/aromatic N) is 1. The van der Waals surface area contributed by atoms with Gasteiger partial charge in [-0.15, -0.1) is 18.8 Å². The molecule has 0 radical (unpaired) electrons. The summed E-state index contributed by atoms with van der Waals surface area (Å²) in [6.45, 7) is 0.573. The minimum atomic E-state index is -3.58. The molecule has 0 heterocycles. The van der Waals surface area contributed by atoms with Crippen LogP contribution in [0, 0.1) is 24.0 Å². The first kappa shape index (κ1) is 22.3. The second-order valence-electron chi connectivity index (χ2n) is 6.61. The Balaban J connectivity index is 0.00000280. The van der Waals surface area contributed by atoms with E-state index in [9.17, 15) is 17.2 Å². The molecule has 1 fully saturated rings. The van der Waals surface area contributed by atoms with Crippen LogP contribution in [-0.2, 0) is 16.6 Å². The standard InChI is InChI=1S/C20H20F2N2O2S.ClH/c1-3-10-24(2)27(25,26)16-7-4-14(5-8-16)13-23-20-12-17(20)15-6-9-18(21)19(22)11-15;/h1,4-9,11,17,20,23H,10,12-13H2,2H3;1H/t17-,20+;/m0./s1. The zero-order valence-electron chi connectivity index (χ0n) is 15.2. The summed E-state index contributed by atoms with van der Waals surface area (Å²) >= 11 is 0. The van der Waals surface area contributed by atoms with Gasteiger partial charge in [0.15, 0.2) is 11.6 Å². The van der Waals surface area contributed by atoms with Crippen LogP contribution in [0.2, 0.25) is 0 Å². The Labute approximate surface area is 170 Å². The van der Waals surface area contributed by atoms with Gasteiger partial charge in [0.25, 0.3) is 0 Å². The first-order valence-corrected chi connectivity index (χ1v) is 9.94. The van der Waals surface area contributed by atoms with Gasteiger partial charge in [0, 0.05) is 25.6 Å². The van der Waals surface area contributed by atoms with Crippen LogP contribution in [0.3, 0.4) is 0 Å². The molecule has 1 aliphatic rings. The van der Waals surface area contributed by atoms with Crippen LogP contribution in [0.4, 0.5) is 8.78 Å². The molecule has 0 aromatic heterocycles.